The fourth-order valence-electron chi connectivity index (χ4n) is 3.85. The number of nitrogens with one attached hydrogen (secondary N) is 1. The van der Waals surface area contributed by atoms with Crippen LogP contribution in [0.15, 0.2) is 42.5 Å². The quantitative estimate of drug-likeness (QED) is 0.752. The highest BCUT2D eigenvalue weighted by atomic mass is 19.1. The molecule has 1 saturated heterocycles. The average Bonchev–Trinajstić information content (AvgIpc) is 3.03. The highest BCUT2D eigenvalue weighted by Gasteiger charge is 2.23. The molecule has 0 unspecified atom stereocenters. The molecule has 1 amide bonds. The van der Waals surface area contributed by atoms with Crippen molar-refractivity contribution in [3.63, 3.8) is 0 Å². The summed E-state index contributed by atoms with van der Waals surface area (Å²) in [5, 5.41) is 1.04. The van der Waals surface area contributed by atoms with Gasteiger partial charge in [-0.05, 0) is 55.0 Å². The van der Waals surface area contributed by atoms with Crippen LogP contribution in [0, 0.1) is 12.7 Å². The second kappa shape index (κ2) is 7.54. The van der Waals surface area contributed by atoms with E-state index in [4.69, 9.17) is 4.74 Å². The van der Waals surface area contributed by atoms with E-state index in [0.29, 0.717) is 19.5 Å². The van der Waals surface area contributed by atoms with Gasteiger partial charge in [-0.15, -0.1) is 0 Å². The van der Waals surface area contributed by atoms with Crippen molar-refractivity contribution in [2.45, 2.75) is 13.3 Å². The number of aromatic amines is 1. The molecule has 146 valence electrons. The van der Waals surface area contributed by atoms with Gasteiger partial charge in [0.2, 0.25) is 5.91 Å². The second-order valence-corrected chi connectivity index (χ2v) is 7.16. The lowest BCUT2D eigenvalue weighted by Crippen LogP contribution is -2.49. The summed E-state index contributed by atoms with van der Waals surface area (Å²) in [7, 11) is 1.64. The normalized spacial score (nSPS) is 14.5. The summed E-state index contributed by atoms with van der Waals surface area (Å²) in [5.74, 6) is 0.682. The van der Waals surface area contributed by atoms with Gasteiger partial charge in [-0.1, -0.05) is 0 Å². The predicted molar refractivity (Wildman–Crippen MR) is 108 cm³/mol. The molecule has 0 bridgehead atoms. The first-order chi connectivity index (χ1) is 13.5. The average molecular weight is 381 g/mol. The molecule has 3 aromatic rings. The van der Waals surface area contributed by atoms with Gasteiger partial charge in [0, 0.05) is 48.5 Å². The molecule has 2 heterocycles. The number of amides is 1. The molecule has 1 aliphatic heterocycles. The number of methoxy groups -OCH3 is 1. The third kappa shape index (κ3) is 3.54. The summed E-state index contributed by atoms with van der Waals surface area (Å²) in [6, 6.07) is 12.4. The van der Waals surface area contributed by atoms with Crippen LogP contribution in [0.5, 0.6) is 5.75 Å². The third-order valence-electron chi connectivity index (χ3n) is 5.48. The first kappa shape index (κ1) is 18.3. The second-order valence-electron chi connectivity index (χ2n) is 7.16. The van der Waals surface area contributed by atoms with Crippen molar-refractivity contribution in [1.29, 1.82) is 0 Å². The van der Waals surface area contributed by atoms with E-state index in [1.807, 2.05) is 30.0 Å². The van der Waals surface area contributed by atoms with Crippen LogP contribution in [0.3, 0.4) is 0 Å². The van der Waals surface area contributed by atoms with Crippen molar-refractivity contribution < 1.29 is 13.9 Å². The number of carbonyl (C=O) groups excluding carboxylic acids is 1. The zero-order chi connectivity index (χ0) is 19.7. The number of hydrogen-bond acceptors (Lipinski definition) is 3. The van der Waals surface area contributed by atoms with Gasteiger partial charge in [0.1, 0.15) is 11.6 Å². The molecule has 5 nitrogen and oxygen atoms in total. The number of H-pyrrole nitrogens is 1. The van der Waals surface area contributed by atoms with Crippen molar-refractivity contribution in [1.82, 2.24) is 9.88 Å². The molecular formula is C22H24FN3O2. The molecule has 0 atom stereocenters. The Morgan fingerprint density at radius 2 is 1.82 bits per heavy atom. The number of carbonyl (C=O) groups is 1. The van der Waals surface area contributed by atoms with Gasteiger partial charge in [0.25, 0.3) is 0 Å². The fourth-order valence-corrected chi connectivity index (χ4v) is 3.85. The number of rotatable bonds is 4. The van der Waals surface area contributed by atoms with Crippen LogP contribution in [0.2, 0.25) is 0 Å². The molecule has 28 heavy (non-hydrogen) atoms. The monoisotopic (exact) mass is 381 g/mol. The number of aromatic nitrogens is 1. The number of halogens is 1. The van der Waals surface area contributed by atoms with Crippen LogP contribution in [-0.4, -0.2) is 49.1 Å². The molecule has 0 spiro atoms. The number of ether oxygens (including phenoxy) is 1. The van der Waals surface area contributed by atoms with Crippen LogP contribution in [0.25, 0.3) is 10.9 Å². The van der Waals surface area contributed by atoms with Crippen LogP contribution in [0.4, 0.5) is 10.1 Å². The molecule has 0 radical (unpaired) electrons. The van der Waals surface area contributed by atoms with Gasteiger partial charge in [0.15, 0.2) is 0 Å². The molecule has 6 heteroatoms. The van der Waals surface area contributed by atoms with Crippen molar-refractivity contribution in [3.8, 4) is 5.75 Å². The van der Waals surface area contributed by atoms with E-state index in [2.05, 4.69) is 9.88 Å². The number of anilines is 1. The van der Waals surface area contributed by atoms with Gasteiger partial charge in [0.05, 0.1) is 13.5 Å². The van der Waals surface area contributed by atoms with Crippen LogP contribution in [-0.2, 0) is 11.2 Å². The minimum Gasteiger partial charge on any atom is -0.497 e. The highest BCUT2D eigenvalue weighted by molar-refractivity contribution is 5.91. The largest absolute Gasteiger partial charge is 0.497 e. The molecule has 1 fully saturated rings. The summed E-state index contributed by atoms with van der Waals surface area (Å²) in [6.45, 7) is 4.83. The van der Waals surface area contributed by atoms with E-state index in [-0.39, 0.29) is 11.7 Å². The molecule has 2 aromatic carbocycles. The van der Waals surface area contributed by atoms with E-state index in [1.54, 1.807) is 19.2 Å². The van der Waals surface area contributed by atoms with Gasteiger partial charge >= 0.3 is 0 Å². The molecule has 1 aromatic heterocycles. The number of benzene rings is 2. The first-order valence-corrected chi connectivity index (χ1v) is 9.48. The minimum atomic E-state index is -0.233. The smallest absolute Gasteiger partial charge is 0.227 e. The summed E-state index contributed by atoms with van der Waals surface area (Å²) in [4.78, 5) is 20.4. The summed E-state index contributed by atoms with van der Waals surface area (Å²) >= 11 is 0. The van der Waals surface area contributed by atoms with E-state index in [9.17, 15) is 9.18 Å². The Labute approximate surface area is 163 Å². The standard InChI is InChI=1S/C22H24FN3O2/c1-15-19(20-13-18(28-2)7-8-21(20)24-15)14-22(27)26-11-9-25(10-12-26)17-5-3-16(23)4-6-17/h3-8,13,24H,9-12,14H2,1-2H3. The fraction of sp³-hybridized carbons (Fsp3) is 0.318. The SMILES string of the molecule is COc1ccc2[nH]c(C)c(CC(=O)N3CCN(c4ccc(F)cc4)CC3)c2c1. The zero-order valence-electron chi connectivity index (χ0n) is 16.2. The maximum Gasteiger partial charge on any atom is 0.227 e. The van der Waals surface area contributed by atoms with Crippen LogP contribution in [0.1, 0.15) is 11.3 Å². The lowest BCUT2D eigenvalue weighted by atomic mass is 10.1. The number of hydrogen-bond donors (Lipinski definition) is 1. The maximum atomic E-state index is 13.1. The minimum absolute atomic E-state index is 0.130. The van der Waals surface area contributed by atoms with Crippen LogP contribution >= 0.6 is 0 Å². The molecule has 1 N–H and O–H groups in total. The van der Waals surface area contributed by atoms with E-state index in [0.717, 1.165) is 46.7 Å². The molecule has 4 rings (SSSR count). The topological polar surface area (TPSA) is 48.6 Å². The van der Waals surface area contributed by atoms with Gasteiger partial charge in [-0.25, -0.2) is 4.39 Å². The van der Waals surface area contributed by atoms with Crippen molar-refractivity contribution in [3.05, 3.63) is 59.5 Å². The maximum absolute atomic E-state index is 13.1. The van der Waals surface area contributed by atoms with E-state index in [1.165, 1.54) is 12.1 Å². The van der Waals surface area contributed by atoms with Crippen LogP contribution < -0.4 is 9.64 Å². The molecule has 0 aliphatic carbocycles. The van der Waals surface area contributed by atoms with E-state index >= 15 is 0 Å². The molecule has 0 saturated carbocycles. The Bertz CT molecular complexity index is 989. The molecular weight excluding hydrogens is 357 g/mol. The Hall–Kier alpha value is -3.02. The van der Waals surface area contributed by atoms with Crippen molar-refractivity contribution in [2.75, 3.05) is 38.2 Å². The van der Waals surface area contributed by atoms with Crippen molar-refractivity contribution in [2.24, 2.45) is 0 Å². The lowest BCUT2D eigenvalue weighted by molar-refractivity contribution is -0.130. The zero-order valence-corrected chi connectivity index (χ0v) is 16.2. The third-order valence-corrected chi connectivity index (χ3v) is 5.48. The Morgan fingerprint density at radius 3 is 2.50 bits per heavy atom. The Balaban J connectivity index is 1.44. The lowest BCUT2D eigenvalue weighted by Gasteiger charge is -2.36. The number of aryl methyl sites for hydroxylation is 1. The molecule has 1 aliphatic rings. The van der Waals surface area contributed by atoms with Crippen molar-refractivity contribution >= 4 is 22.5 Å². The highest BCUT2D eigenvalue weighted by Crippen LogP contribution is 2.27. The summed E-state index contributed by atoms with van der Waals surface area (Å²) in [6.07, 6.45) is 0.371. The Kier molecular flexibility index (Phi) is 4.94. The first-order valence-electron chi connectivity index (χ1n) is 9.48. The number of piperazine rings is 1. The van der Waals surface area contributed by atoms with Gasteiger partial charge in [-0.2, -0.15) is 0 Å². The Morgan fingerprint density at radius 1 is 1.11 bits per heavy atom. The van der Waals surface area contributed by atoms with Gasteiger partial charge < -0.3 is 19.5 Å². The van der Waals surface area contributed by atoms with E-state index < -0.39 is 0 Å². The number of fused-ring (bicyclic) bond motifs is 1. The predicted octanol–water partition coefficient (Wildman–Crippen LogP) is 3.52. The summed E-state index contributed by atoms with van der Waals surface area (Å²) in [5.41, 5.74) is 4.05. The summed E-state index contributed by atoms with van der Waals surface area (Å²) < 4.78 is 18.4. The van der Waals surface area contributed by atoms with Gasteiger partial charge in [-0.3, -0.25) is 4.79 Å². The number of nitrogens with zero attached hydrogens (tertiary/aromatic N) is 2.